The summed E-state index contributed by atoms with van der Waals surface area (Å²) in [4.78, 5) is 10.0. The molecule has 0 saturated heterocycles. The van der Waals surface area contributed by atoms with Crippen molar-refractivity contribution in [1.29, 1.82) is 0 Å². The van der Waals surface area contributed by atoms with Crippen LogP contribution in [-0.4, -0.2) is 5.97 Å². The Balaban J connectivity index is 0.00000144. The average Bonchev–Trinajstić information content (AvgIpc) is 2.03. The van der Waals surface area contributed by atoms with Gasteiger partial charge in [-0.3, -0.25) is 0 Å². The largest absolute Gasteiger partial charge is 1.00 e. The van der Waals surface area contributed by atoms with Gasteiger partial charge in [0, 0.05) is 5.02 Å². The molecule has 2 nitrogen and oxygen atoms in total. The van der Waals surface area contributed by atoms with Crippen molar-refractivity contribution in [2.45, 2.75) is 0 Å². The third-order valence-corrected chi connectivity index (χ3v) is 1.53. The van der Waals surface area contributed by atoms with Crippen LogP contribution in [0.4, 0.5) is 0 Å². The minimum Gasteiger partial charge on any atom is -0.545 e. The molecule has 0 unspecified atom stereocenters. The number of halogens is 1. The van der Waals surface area contributed by atoms with E-state index in [0.717, 1.165) is 11.6 Å². The van der Waals surface area contributed by atoms with E-state index in [1.54, 1.807) is 24.3 Å². The molecule has 0 atom stereocenters. The van der Waals surface area contributed by atoms with E-state index >= 15 is 0 Å². The third kappa shape index (κ3) is 4.91. The number of carboxylic acids is 1. The van der Waals surface area contributed by atoms with Crippen molar-refractivity contribution in [3.63, 3.8) is 0 Å². The Morgan fingerprint density at radius 2 is 1.85 bits per heavy atom. The fraction of sp³-hybridized carbons (Fsp3) is 0. The summed E-state index contributed by atoms with van der Waals surface area (Å²) in [6.45, 7) is 0. The van der Waals surface area contributed by atoms with Gasteiger partial charge in [0.1, 0.15) is 0 Å². The van der Waals surface area contributed by atoms with E-state index in [1.165, 1.54) is 6.08 Å². The molecule has 0 amide bonds. The molecule has 0 N–H and O–H groups in total. The molecule has 1 aromatic rings. The van der Waals surface area contributed by atoms with Crippen LogP contribution in [0.1, 0.15) is 5.56 Å². The molecule has 0 aliphatic heterocycles. The molecule has 1 rings (SSSR count). The van der Waals surface area contributed by atoms with Gasteiger partial charge in [0.15, 0.2) is 0 Å². The summed E-state index contributed by atoms with van der Waals surface area (Å²) in [7, 11) is 0. The van der Waals surface area contributed by atoms with Gasteiger partial charge in [0.25, 0.3) is 0 Å². The first-order valence-electron chi connectivity index (χ1n) is 3.33. The summed E-state index contributed by atoms with van der Waals surface area (Å²) < 4.78 is 0. The molecule has 0 heterocycles. The zero-order valence-corrected chi connectivity index (χ0v) is 8.70. The summed E-state index contributed by atoms with van der Waals surface area (Å²) >= 11 is 5.62. The van der Waals surface area contributed by atoms with Crippen molar-refractivity contribution >= 4 is 23.6 Å². The van der Waals surface area contributed by atoms with Gasteiger partial charge in [-0.25, -0.2) is 0 Å². The quantitative estimate of drug-likeness (QED) is 0.604. The van der Waals surface area contributed by atoms with Crippen LogP contribution in [-0.2, 0) is 27.2 Å². The van der Waals surface area contributed by atoms with Crippen LogP contribution in [0.5, 0.6) is 0 Å². The smallest absolute Gasteiger partial charge is 0.545 e. The second-order valence-electron chi connectivity index (χ2n) is 2.20. The van der Waals surface area contributed by atoms with E-state index < -0.39 is 5.97 Å². The van der Waals surface area contributed by atoms with Gasteiger partial charge in [-0.2, -0.15) is 0 Å². The predicted molar refractivity (Wildman–Crippen MR) is 45.5 cm³/mol. The molecular formula is C9H6AgClO2. The first-order chi connectivity index (χ1) is 5.68. The fourth-order valence-electron chi connectivity index (χ4n) is 0.738. The average molecular weight is 289 g/mol. The Bertz CT molecular complexity index is 306. The van der Waals surface area contributed by atoms with Gasteiger partial charge in [0.05, 0.1) is 5.97 Å². The molecular weight excluding hydrogens is 283 g/mol. The van der Waals surface area contributed by atoms with Crippen molar-refractivity contribution in [2.75, 3.05) is 0 Å². The maximum absolute atomic E-state index is 10.0. The van der Waals surface area contributed by atoms with Crippen molar-refractivity contribution < 1.29 is 32.3 Å². The molecule has 0 aromatic heterocycles. The molecule has 0 aliphatic rings. The third-order valence-electron chi connectivity index (χ3n) is 1.28. The zero-order valence-electron chi connectivity index (χ0n) is 6.46. The first-order valence-corrected chi connectivity index (χ1v) is 3.71. The van der Waals surface area contributed by atoms with E-state index in [1.807, 2.05) is 0 Å². The topological polar surface area (TPSA) is 40.1 Å². The summed E-state index contributed by atoms with van der Waals surface area (Å²) in [6, 6.07) is 6.83. The number of rotatable bonds is 2. The van der Waals surface area contributed by atoms with Crippen LogP contribution in [0.15, 0.2) is 30.3 Å². The van der Waals surface area contributed by atoms with Gasteiger partial charge in [-0.15, -0.1) is 0 Å². The van der Waals surface area contributed by atoms with Crippen LogP contribution in [0.3, 0.4) is 0 Å². The summed E-state index contributed by atoms with van der Waals surface area (Å²) in [5, 5.41) is 10.6. The maximum Gasteiger partial charge on any atom is 1.00 e. The van der Waals surface area contributed by atoms with Crippen LogP contribution >= 0.6 is 11.6 Å². The molecule has 4 heteroatoms. The number of aliphatic carboxylic acids is 1. The van der Waals surface area contributed by atoms with Gasteiger partial charge in [-0.05, 0) is 23.8 Å². The Hall–Kier alpha value is -0.540. The number of carboxylic acid groups (broad SMARTS) is 1. The molecule has 0 bridgehead atoms. The van der Waals surface area contributed by atoms with E-state index in [9.17, 15) is 9.90 Å². The Morgan fingerprint density at radius 1 is 1.31 bits per heavy atom. The van der Waals surface area contributed by atoms with E-state index in [0.29, 0.717) is 5.02 Å². The van der Waals surface area contributed by atoms with Gasteiger partial charge >= 0.3 is 22.4 Å². The minimum atomic E-state index is -1.20. The van der Waals surface area contributed by atoms with E-state index in [4.69, 9.17) is 11.6 Å². The van der Waals surface area contributed by atoms with Crippen LogP contribution in [0.2, 0.25) is 5.02 Å². The van der Waals surface area contributed by atoms with Crippen molar-refractivity contribution in [2.24, 2.45) is 0 Å². The second kappa shape index (κ2) is 6.00. The van der Waals surface area contributed by atoms with Crippen LogP contribution in [0.25, 0.3) is 6.08 Å². The molecule has 0 aliphatic carbocycles. The van der Waals surface area contributed by atoms with Gasteiger partial charge in [0.2, 0.25) is 0 Å². The number of hydrogen-bond acceptors (Lipinski definition) is 2. The molecule has 0 spiro atoms. The number of benzene rings is 1. The Kier molecular flexibility index (Phi) is 5.75. The van der Waals surface area contributed by atoms with E-state index in [2.05, 4.69) is 0 Å². The van der Waals surface area contributed by atoms with Gasteiger partial charge < -0.3 is 9.90 Å². The number of carbonyl (C=O) groups is 1. The number of carbonyl (C=O) groups excluding carboxylic acids is 1. The Labute approximate surface area is 96.7 Å². The van der Waals surface area contributed by atoms with E-state index in [-0.39, 0.29) is 22.4 Å². The van der Waals surface area contributed by atoms with Crippen LogP contribution < -0.4 is 5.11 Å². The molecule has 0 fully saturated rings. The molecule has 72 valence electrons. The summed E-state index contributed by atoms with van der Waals surface area (Å²) in [5.74, 6) is -1.20. The van der Waals surface area contributed by atoms with Crippen molar-refractivity contribution in [3.8, 4) is 0 Å². The van der Waals surface area contributed by atoms with Crippen LogP contribution in [0, 0.1) is 0 Å². The second-order valence-corrected chi connectivity index (χ2v) is 2.64. The summed E-state index contributed by atoms with van der Waals surface area (Å²) in [6.07, 6.45) is 2.43. The minimum absolute atomic E-state index is 0. The maximum atomic E-state index is 10.0. The molecule has 1 aromatic carbocycles. The standard InChI is InChI=1S/C9H7ClO2.Ag/c10-8-4-1-7(2-5-8)3-6-9(11)12;/h1-6H,(H,11,12);/q;+1/p-1/b6-3+;. The molecule has 0 saturated carbocycles. The Morgan fingerprint density at radius 3 is 2.31 bits per heavy atom. The van der Waals surface area contributed by atoms with Crippen molar-refractivity contribution in [3.05, 3.63) is 40.9 Å². The zero-order chi connectivity index (χ0) is 8.97. The first kappa shape index (κ1) is 12.5. The van der Waals surface area contributed by atoms with Gasteiger partial charge in [-0.1, -0.05) is 29.8 Å². The van der Waals surface area contributed by atoms with Crippen molar-refractivity contribution in [1.82, 2.24) is 0 Å². The number of hydrogen-bond donors (Lipinski definition) is 0. The normalized spacial score (nSPS) is 9.62. The predicted octanol–water partition coefficient (Wildman–Crippen LogP) is 1.10. The SMILES string of the molecule is O=C([O-])/C=C/c1ccc(Cl)cc1.[Ag+]. The monoisotopic (exact) mass is 288 g/mol. The fourth-order valence-corrected chi connectivity index (χ4v) is 0.864. The molecule has 0 radical (unpaired) electrons. The summed E-state index contributed by atoms with van der Waals surface area (Å²) in [5.41, 5.74) is 0.781. The molecule has 13 heavy (non-hydrogen) atoms.